The van der Waals surface area contributed by atoms with E-state index in [0.717, 1.165) is 11.1 Å². The normalized spacial score (nSPS) is 15.2. The van der Waals surface area contributed by atoms with Crippen LogP contribution in [0.5, 0.6) is 0 Å². The third-order valence-electron chi connectivity index (χ3n) is 3.61. The van der Waals surface area contributed by atoms with Crippen LogP contribution in [0.3, 0.4) is 0 Å². The minimum atomic E-state index is -0.846. The molecular formula is C16H13ClF2O. The minimum absolute atomic E-state index is 0.0921. The van der Waals surface area contributed by atoms with Crippen molar-refractivity contribution in [1.82, 2.24) is 0 Å². The second-order valence-corrected chi connectivity index (χ2v) is 5.41. The molecule has 1 aliphatic heterocycles. The maximum atomic E-state index is 14.1. The van der Waals surface area contributed by atoms with Gasteiger partial charge in [0, 0.05) is 5.56 Å². The highest BCUT2D eigenvalue weighted by Gasteiger charge is 2.22. The van der Waals surface area contributed by atoms with Crippen LogP contribution in [0.1, 0.15) is 33.2 Å². The number of ether oxygens (including phenoxy) is 1. The van der Waals surface area contributed by atoms with E-state index < -0.39 is 17.0 Å². The Balaban J connectivity index is 2.05. The molecule has 0 spiro atoms. The SMILES string of the molecule is Cc1ccc(F)c(C(Cl)c2ccc3c(c2)COC3)c1F. The molecule has 104 valence electrons. The van der Waals surface area contributed by atoms with Crippen molar-refractivity contribution >= 4 is 11.6 Å². The van der Waals surface area contributed by atoms with E-state index in [9.17, 15) is 8.78 Å². The van der Waals surface area contributed by atoms with Crippen molar-refractivity contribution < 1.29 is 13.5 Å². The van der Waals surface area contributed by atoms with Gasteiger partial charge in [-0.25, -0.2) is 8.78 Å². The van der Waals surface area contributed by atoms with Crippen LogP contribution in [-0.2, 0) is 18.0 Å². The Morgan fingerprint density at radius 1 is 1.10 bits per heavy atom. The average molecular weight is 295 g/mol. The Morgan fingerprint density at radius 3 is 2.65 bits per heavy atom. The van der Waals surface area contributed by atoms with E-state index in [0.29, 0.717) is 24.3 Å². The third kappa shape index (κ3) is 2.21. The number of hydrogen-bond donors (Lipinski definition) is 0. The van der Waals surface area contributed by atoms with Crippen LogP contribution >= 0.6 is 11.6 Å². The van der Waals surface area contributed by atoms with Gasteiger partial charge in [-0.2, -0.15) is 0 Å². The van der Waals surface area contributed by atoms with Crippen molar-refractivity contribution in [2.75, 3.05) is 0 Å². The Kier molecular flexibility index (Phi) is 3.48. The smallest absolute Gasteiger partial charge is 0.134 e. The molecule has 0 radical (unpaired) electrons. The van der Waals surface area contributed by atoms with E-state index in [4.69, 9.17) is 16.3 Å². The Hall–Kier alpha value is -1.45. The molecule has 0 amide bonds. The lowest BCUT2D eigenvalue weighted by atomic mass is 9.98. The largest absolute Gasteiger partial charge is 0.372 e. The number of fused-ring (bicyclic) bond motifs is 1. The van der Waals surface area contributed by atoms with Gasteiger partial charge in [-0.3, -0.25) is 0 Å². The summed E-state index contributed by atoms with van der Waals surface area (Å²) in [5.74, 6) is -1.20. The highest BCUT2D eigenvalue weighted by Crippen LogP contribution is 2.35. The highest BCUT2D eigenvalue weighted by atomic mass is 35.5. The molecule has 0 saturated heterocycles. The second-order valence-electron chi connectivity index (χ2n) is 4.98. The van der Waals surface area contributed by atoms with Crippen molar-refractivity contribution in [2.45, 2.75) is 25.5 Å². The van der Waals surface area contributed by atoms with Gasteiger partial charge < -0.3 is 4.74 Å². The van der Waals surface area contributed by atoms with Crippen LogP contribution in [0.15, 0.2) is 30.3 Å². The first kappa shape index (κ1) is 13.5. The summed E-state index contributed by atoms with van der Waals surface area (Å²) in [6, 6.07) is 8.22. The standard InChI is InChI=1S/C16H13ClF2O/c1-9-2-5-13(18)14(16(9)19)15(17)10-3-4-11-7-20-8-12(11)6-10/h2-6,15H,7-8H2,1H3. The molecule has 20 heavy (non-hydrogen) atoms. The molecule has 1 atom stereocenters. The molecule has 0 aromatic heterocycles. The second kappa shape index (κ2) is 5.15. The number of aryl methyl sites for hydroxylation is 1. The lowest BCUT2D eigenvalue weighted by Crippen LogP contribution is -2.03. The highest BCUT2D eigenvalue weighted by molar-refractivity contribution is 6.22. The van der Waals surface area contributed by atoms with E-state index in [-0.39, 0.29) is 5.56 Å². The number of halogens is 3. The number of rotatable bonds is 2. The van der Waals surface area contributed by atoms with Gasteiger partial charge in [0.15, 0.2) is 0 Å². The van der Waals surface area contributed by atoms with E-state index in [1.165, 1.54) is 12.1 Å². The first-order valence-corrected chi connectivity index (χ1v) is 6.79. The van der Waals surface area contributed by atoms with Gasteiger partial charge >= 0.3 is 0 Å². The molecule has 0 bridgehead atoms. The predicted octanol–water partition coefficient (Wildman–Crippen LogP) is 4.63. The van der Waals surface area contributed by atoms with Crippen LogP contribution in [0, 0.1) is 18.6 Å². The molecule has 1 heterocycles. The zero-order valence-electron chi connectivity index (χ0n) is 10.9. The fourth-order valence-corrected chi connectivity index (χ4v) is 2.76. The van der Waals surface area contributed by atoms with E-state index in [1.54, 1.807) is 13.0 Å². The fraction of sp³-hybridized carbons (Fsp3) is 0.250. The van der Waals surface area contributed by atoms with Crippen LogP contribution in [-0.4, -0.2) is 0 Å². The summed E-state index contributed by atoms with van der Waals surface area (Å²) in [5.41, 5.74) is 3.10. The van der Waals surface area contributed by atoms with Crippen molar-refractivity contribution in [3.63, 3.8) is 0 Å². The minimum Gasteiger partial charge on any atom is -0.372 e. The monoisotopic (exact) mass is 294 g/mol. The van der Waals surface area contributed by atoms with Gasteiger partial charge in [-0.15, -0.1) is 11.6 Å². The van der Waals surface area contributed by atoms with Gasteiger partial charge in [0.1, 0.15) is 11.6 Å². The summed E-state index contributed by atoms with van der Waals surface area (Å²) < 4.78 is 33.3. The van der Waals surface area contributed by atoms with E-state index in [2.05, 4.69) is 0 Å². The van der Waals surface area contributed by atoms with Crippen molar-refractivity contribution in [3.8, 4) is 0 Å². The number of hydrogen-bond acceptors (Lipinski definition) is 1. The van der Waals surface area contributed by atoms with Crippen LogP contribution in [0.4, 0.5) is 8.78 Å². The summed E-state index contributed by atoms with van der Waals surface area (Å²) in [6.07, 6.45) is 0. The molecule has 2 aromatic rings. The van der Waals surface area contributed by atoms with Crippen LogP contribution < -0.4 is 0 Å². The summed E-state index contributed by atoms with van der Waals surface area (Å²) >= 11 is 6.30. The summed E-state index contributed by atoms with van der Waals surface area (Å²) in [5, 5.41) is -0.846. The first-order valence-electron chi connectivity index (χ1n) is 6.36. The van der Waals surface area contributed by atoms with Gasteiger partial charge in [0.05, 0.1) is 18.6 Å². The topological polar surface area (TPSA) is 9.23 Å². The molecule has 1 unspecified atom stereocenters. The molecule has 0 aliphatic carbocycles. The Morgan fingerprint density at radius 2 is 1.85 bits per heavy atom. The van der Waals surface area contributed by atoms with Gasteiger partial charge in [-0.1, -0.05) is 24.3 Å². The van der Waals surface area contributed by atoms with Crippen LogP contribution in [0.2, 0.25) is 0 Å². The number of alkyl halides is 1. The molecule has 1 nitrogen and oxygen atoms in total. The third-order valence-corrected chi connectivity index (χ3v) is 4.08. The fourth-order valence-electron chi connectivity index (χ4n) is 2.43. The van der Waals surface area contributed by atoms with Crippen molar-refractivity contribution in [2.24, 2.45) is 0 Å². The zero-order chi connectivity index (χ0) is 14.3. The maximum absolute atomic E-state index is 14.1. The van der Waals surface area contributed by atoms with Gasteiger partial charge in [0.2, 0.25) is 0 Å². The molecule has 1 aliphatic rings. The van der Waals surface area contributed by atoms with Crippen molar-refractivity contribution in [1.29, 1.82) is 0 Å². The quantitative estimate of drug-likeness (QED) is 0.734. The number of benzene rings is 2. The lowest BCUT2D eigenvalue weighted by Gasteiger charge is -2.14. The van der Waals surface area contributed by atoms with Crippen molar-refractivity contribution in [3.05, 3.63) is 69.8 Å². The molecule has 3 rings (SSSR count). The molecule has 4 heteroatoms. The average Bonchev–Trinajstić information content (AvgIpc) is 2.90. The molecule has 0 saturated carbocycles. The summed E-state index contributed by atoms with van der Waals surface area (Å²) in [7, 11) is 0. The predicted molar refractivity (Wildman–Crippen MR) is 73.7 cm³/mol. The Labute approximate surface area is 121 Å². The molecule has 0 fully saturated rings. The Bertz CT molecular complexity index is 670. The van der Waals surface area contributed by atoms with Gasteiger partial charge in [0.25, 0.3) is 0 Å². The molecule has 2 aromatic carbocycles. The van der Waals surface area contributed by atoms with E-state index >= 15 is 0 Å². The zero-order valence-corrected chi connectivity index (χ0v) is 11.7. The van der Waals surface area contributed by atoms with E-state index in [1.807, 2.05) is 12.1 Å². The lowest BCUT2D eigenvalue weighted by molar-refractivity contribution is 0.134. The van der Waals surface area contributed by atoms with Gasteiger partial charge in [-0.05, 0) is 35.2 Å². The first-order chi connectivity index (χ1) is 9.58. The molecule has 0 N–H and O–H groups in total. The summed E-state index contributed by atoms with van der Waals surface area (Å²) in [6.45, 7) is 2.69. The summed E-state index contributed by atoms with van der Waals surface area (Å²) in [4.78, 5) is 0. The maximum Gasteiger partial charge on any atom is 0.134 e. The molecular weight excluding hydrogens is 282 g/mol. The van der Waals surface area contributed by atoms with Crippen LogP contribution in [0.25, 0.3) is 0 Å².